The summed E-state index contributed by atoms with van der Waals surface area (Å²) < 4.78 is 5.22. The molecule has 2 atom stereocenters. The molecule has 1 amide bonds. The molecule has 17 heavy (non-hydrogen) atoms. The highest BCUT2D eigenvalue weighted by Crippen LogP contribution is 2.21. The van der Waals surface area contributed by atoms with Crippen molar-refractivity contribution in [3.63, 3.8) is 0 Å². The summed E-state index contributed by atoms with van der Waals surface area (Å²) in [4.78, 5) is 15.9. The average Bonchev–Trinajstić information content (AvgIpc) is 2.54. The highest BCUT2D eigenvalue weighted by atomic mass is 16.6. The van der Waals surface area contributed by atoms with E-state index in [1.807, 2.05) is 0 Å². The van der Waals surface area contributed by atoms with Crippen molar-refractivity contribution in [2.24, 2.45) is 5.11 Å². The Morgan fingerprint density at radius 2 is 2.29 bits per heavy atom. The first-order valence-electron chi connectivity index (χ1n) is 5.52. The fraction of sp³-hybridized carbons (Fsp3) is 0.900. The Kier molecular flexibility index (Phi) is 4.20. The van der Waals surface area contributed by atoms with Crippen LogP contribution < -0.4 is 0 Å². The van der Waals surface area contributed by atoms with Gasteiger partial charge in [0.05, 0.1) is 12.6 Å². The van der Waals surface area contributed by atoms with Crippen LogP contribution in [0.15, 0.2) is 5.11 Å². The Hall–Kier alpha value is -1.46. The monoisotopic (exact) mass is 242 g/mol. The molecule has 1 aliphatic heterocycles. The molecular weight excluding hydrogens is 224 g/mol. The molecule has 7 heteroatoms. The summed E-state index contributed by atoms with van der Waals surface area (Å²) in [6.07, 6.45) is -0.647. The number of hydrogen-bond acceptors (Lipinski definition) is 4. The van der Waals surface area contributed by atoms with E-state index in [1.165, 1.54) is 4.90 Å². The van der Waals surface area contributed by atoms with Gasteiger partial charge in [-0.2, -0.15) is 0 Å². The topological polar surface area (TPSA) is 98.5 Å². The first-order valence-corrected chi connectivity index (χ1v) is 5.52. The number of rotatable bonds is 2. The maximum absolute atomic E-state index is 11.8. The van der Waals surface area contributed by atoms with E-state index in [-0.39, 0.29) is 19.1 Å². The Labute approximate surface area is 100.0 Å². The summed E-state index contributed by atoms with van der Waals surface area (Å²) >= 11 is 0. The molecule has 1 saturated heterocycles. The first kappa shape index (κ1) is 13.6. The molecule has 0 spiro atoms. The van der Waals surface area contributed by atoms with Crippen LogP contribution >= 0.6 is 0 Å². The number of amides is 1. The maximum Gasteiger partial charge on any atom is 0.410 e. The smallest absolute Gasteiger partial charge is 0.410 e. The molecule has 1 fully saturated rings. The van der Waals surface area contributed by atoms with Crippen molar-refractivity contribution < 1.29 is 14.6 Å². The zero-order valence-electron chi connectivity index (χ0n) is 10.3. The number of likely N-dealkylation sites (tertiary alicyclic amines) is 1. The van der Waals surface area contributed by atoms with Gasteiger partial charge in [0.25, 0.3) is 0 Å². The summed E-state index contributed by atoms with van der Waals surface area (Å²) in [6, 6.07) is -0.282. The third-order valence-corrected chi connectivity index (χ3v) is 2.38. The number of carbonyl (C=O) groups excluding carboxylic acids is 1. The Morgan fingerprint density at radius 3 is 2.82 bits per heavy atom. The van der Waals surface area contributed by atoms with E-state index in [9.17, 15) is 9.90 Å². The van der Waals surface area contributed by atoms with Crippen LogP contribution in [0.3, 0.4) is 0 Å². The van der Waals surface area contributed by atoms with E-state index in [4.69, 9.17) is 10.3 Å². The molecule has 0 unspecified atom stereocenters. The molecule has 0 saturated carbocycles. The lowest BCUT2D eigenvalue weighted by molar-refractivity contribution is 0.0214. The van der Waals surface area contributed by atoms with Gasteiger partial charge in [-0.3, -0.25) is 0 Å². The zero-order valence-corrected chi connectivity index (χ0v) is 10.3. The number of aliphatic hydroxyl groups excluding tert-OH is 1. The lowest BCUT2D eigenvalue weighted by atomic mass is 10.2. The predicted molar refractivity (Wildman–Crippen MR) is 61.4 cm³/mol. The quantitative estimate of drug-likeness (QED) is 0.453. The van der Waals surface area contributed by atoms with Crippen molar-refractivity contribution in [2.75, 3.05) is 13.1 Å². The number of azide groups is 1. The fourth-order valence-electron chi connectivity index (χ4n) is 1.74. The normalized spacial score (nSPS) is 24.4. The van der Waals surface area contributed by atoms with Gasteiger partial charge < -0.3 is 14.7 Å². The number of hydrogen-bond donors (Lipinski definition) is 1. The number of β-amino-alcohol motifs (C(OH)–C–C–N with tert-alkyl or cyclic N) is 1. The molecule has 0 aromatic rings. The lowest BCUT2D eigenvalue weighted by Crippen LogP contribution is -2.41. The number of nitrogens with zero attached hydrogens (tertiary/aromatic N) is 4. The van der Waals surface area contributed by atoms with Gasteiger partial charge in [0.1, 0.15) is 5.60 Å². The fourth-order valence-corrected chi connectivity index (χ4v) is 1.74. The maximum atomic E-state index is 11.8. The third-order valence-electron chi connectivity index (χ3n) is 2.38. The van der Waals surface area contributed by atoms with Gasteiger partial charge in [-0.15, -0.1) is 0 Å². The standard InChI is InChI=1S/C10H18N4O3/c1-10(2,3)17-9(16)14-6-8(15)4-7(14)5-12-13-11/h7-8,15H,4-6H2,1-3H3/t7-,8+/m0/s1. The summed E-state index contributed by atoms with van der Waals surface area (Å²) in [6.45, 7) is 5.72. The lowest BCUT2D eigenvalue weighted by Gasteiger charge is -2.27. The molecule has 1 N–H and O–H groups in total. The molecule has 1 rings (SSSR count). The summed E-state index contributed by atoms with van der Waals surface area (Å²) in [5.74, 6) is 0. The second-order valence-electron chi connectivity index (χ2n) is 5.09. The molecule has 96 valence electrons. The van der Waals surface area contributed by atoms with Crippen LogP contribution in [0.2, 0.25) is 0 Å². The molecule has 1 aliphatic rings. The number of aliphatic hydroxyl groups is 1. The van der Waals surface area contributed by atoms with Crippen molar-refractivity contribution >= 4 is 6.09 Å². The molecule has 0 radical (unpaired) electrons. The predicted octanol–water partition coefficient (Wildman–Crippen LogP) is 1.67. The summed E-state index contributed by atoms with van der Waals surface area (Å²) in [5.41, 5.74) is 7.69. The van der Waals surface area contributed by atoms with Crippen molar-refractivity contribution in [1.29, 1.82) is 0 Å². The van der Waals surface area contributed by atoms with Crippen LogP contribution in [0, 0.1) is 0 Å². The molecule has 0 aliphatic carbocycles. The van der Waals surface area contributed by atoms with E-state index < -0.39 is 17.8 Å². The van der Waals surface area contributed by atoms with E-state index in [0.717, 1.165) is 0 Å². The van der Waals surface area contributed by atoms with Gasteiger partial charge >= 0.3 is 6.09 Å². The van der Waals surface area contributed by atoms with Crippen LogP contribution in [0.5, 0.6) is 0 Å². The highest BCUT2D eigenvalue weighted by Gasteiger charge is 2.36. The van der Waals surface area contributed by atoms with Gasteiger partial charge in [-0.05, 0) is 32.7 Å². The molecule has 7 nitrogen and oxygen atoms in total. The second kappa shape index (κ2) is 5.25. The van der Waals surface area contributed by atoms with Gasteiger partial charge in [0.15, 0.2) is 0 Å². The SMILES string of the molecule is CC(C)(C)OC(=O)N1C[C@H](O)C[C@H]1CN=[N+]=[N-]. The molecule has 0 aromatic carbocycles. The molecule has 1 heterocycles. The van der Waals surface area contributed by atoms with Gasteiger partial charge in [0.2, 0.25) is 0 Å². The van der Waals surface area contributed by atoms with Crippen LogP contribution in [0.4, 0.5) is 4.79 Å². The van der Waals surface area contributed by atoms with Crippen molar-refractivity contribution in [2.45, 2.75) is 44.9 Å². The first-order chi connectivity index (χ1) is 7.83. The van der Waals surface area contributed by atoms with Gasteiger partial charge in [-0.25, -0.2) is 4.79 Å². The molecule has 0 aromatic heterocycles. The van der Waals surface area contributed by atoms with Crippen LogP contribution in [-0.2, 0) is 4.74 Å². The van der Waals surface area contributed by atoms with Gasteiger partial charge in [0, 0.05) is 17.5 Å². The van der Waals surface area contributed by atoms with E-state index in [1.54, 1.807) is 20.8 Å². The Balaban J connectivity index is 2.66. The van der Waals surface area contributed by atoms with Crippen molar-refractivity contribution in [3.05, 3.63) is 10.4 Å². The van der Waals surface area contributed by atoms with E-state index in [2.05, 4.69) is 10.0 Å². The van der Waals surface area contributed by atoms with Crippen LogP contribution in [0.25, 0.3) is 10.4 Å². The minimum Gasteiger partial charge on any atom is -0.444 e. The van der Waals surface area contributed by atoms with E-state index in [0.29, 0.717) is 6.42 Å². The number of ether oxygens (including phenoxy) is 1. The van der Waals surface area contributed by atoms with Crippen molar-refractivity contribution in [3.8, 4) is 0 Å². The zero-order chi connectivity index (χ0) is 13.1. The summed E-state index contributed by atoms with van der Waals surface area (Å²) in [7, 11) is 0. The highest BCUT2D eigenvalue weighted by molar-refractivity contribution is 5.69. The minimum atomic E-state index is -0.582. The van der Waals surface area contributed by atoms with E-state index >= 15 is 0 Å². The third kappa shape index (κ3) is 4.13. The minimum absolute atomic E-state index is 0.160. The largest absolute Gasteiger partial charge is 0.444 e. The molecular formula is C10H18N4O3. The average molecular weight is 242 g/mol. The second-order valence-corrected chi connectivity index (χ2v) is 5.09. The molecule has 0 bridgehead atoms. The summed E-state index contributed by atoms with van der Waals surface area (Å²) in [5, 5.41) is 13.0. The van der Waals surface area contributed by atoms with Gasteiger partial charge in [-0.1, -0.05) is 5.11 Å². The number of carbonyl (C=O) groups is 1. The van der Waals surface area contributed by atoms with Crippen LogP contribution in [0.1, 0.15) is 27.2 Å². The van der Waals surface area contributed by atoms with Crippen molar-refractivity contribution in [1.82, 2.24) is 4.90 Å². The Morgan fingerprint density at radius 1 is 1.65 bits per heavy atom. The Bertz CT molecular complexity index is 333. The van der Waals surface area contributed by atoms with Crippen LogP contribution in [-0.4, -0.2) is 46.9 Å².